The van der Waals surface area contributed by atoms with Crippen molar-refractivity contribution < 1.29 is 4.79 Å². The molecule has 0 saturated heterocycles. The fourth-order valence-corrected chi connectivity index (χ4v) is 2.00. The van der Waals surface area contributed by atoms with Crippen molar-refractivity contribution in [1.82, 2.24) is 16.0 Å². The Hall–Kier alpha value is -2.04. The predicted molar refractivity (Wildman–Crippen MR) is 85.1 cm³/mol. The predicted octanol–water partition coefficient (Wildman–Crippen LogP) is 1.58. The molecular weight excluding hydrogens is 264 g/mol. The van der Waals surface area contributed by atoms with Crippen molar-refractivity contribution in [1.29, 1.82) is 0 Å². The van der Waals surface area contributed by atoms with Crippen molar-refractivity contribution in [2.24, 2.45) is 4.99 Å². The molecule has 5 heteroatoms. The Labute approximate surface area is 126 Å². The van der Waals surface area contributed by atoms with Crippen molar-refractivity contribution in [3.05, 3.63) is 35.9 Å². The molecule has 1 atom stereocenters. The van der Waals surface area contributed by atoms with Gasteiger partial charge in [-0.2, -0.15) is 0 Å². The third-order valence-corrected chi connectivity index (χ3v) is 3.32. The van der Waals surface area contributed by atoms with Crippen LogP contribution in [0.3, 0.4) is 0 Å². The zero-order valence-electron chi connectivity index (χ0n) is 12.7. The largest absolute Gasteiger partial charge is 0.357 e. The van der Waals surface area contributed by atoms with Crippen molar-refractivity contribution in [3.8, 4) is 0 Å². The number of guanidine groups is 1. The van der Waals surface area contributed by atoms with Crippen LogP contribution in [-0.4, -0.2) is 31.0 Å². The highest BCUT2D eigenvalue weighted by Gasteiger charge is 2.22. The number of hydrogen-bond acceptors (Lipinski definition) is 2. The van der Waals surface area contributed by atoms with Gasteiger partial charge in [0, 0.05) is 12.6 Å². The standard InChI is InChI=1S/C16H24N4O/c1-3-17-16(18-11-15(21)20-14-9-10-14)19-12(2)13-7-5-4-6-8-13/h4-8,12,14H,3,9-11H2,1-2H3,(H,20,21)(H2,17,18,19). The summed E-state index contributed by atoms with van der Waals surface area (Å²) < 4.78 is 0. The molecule has 1 aromatic carbocycles. The summed E-state index contributed by atoms with van der Waals surface area (Å²) in [5, 5.41) is 9.42. The summed E-state index contributed by atoms with van der Waals surface area (Å²) in [5.74, 6) is 0.655. The molecule has 0 bridgehead atoms. The monoisotopic (exact) mass is 288 g/mol. The Bertz CT molecular complexity index is 482. The first kappa shape index (κ1) is 15.4. The quantitative estimate of drug-likeness (QED) is 0.550. The first-order valence-electron chi connectivity index (χ1n) is 7.58. The normalized spacial score (nSPS) is 16.2. The number of benzene rings is 1. The van der Waals surface area contributed by atoms with Crippen LogP contribution < -0.4 is 16.0 Å². The molecule has 0 heterocycles. The van der Waals surface area contributed by atoms with Gasteiger partial charge in [-0.1, -0.05) is 30.3 Å². The Morgan fingerprint density at radius 2 is 2.05 bits per heavy atom. The number of nitrogens with one attached hydrogen (secondary N) is 3. The Morgan fingerprint density at radius 1 is 1.33 bits per heavy atom. The molecule has 21 heavy (non-hydrogen) atoms. The lowest BCUT2D eigenvalue weighted by Crippen LogP contribution is -2.39. The van der Waals surface area contributed by atoms with E-state index in [-0.39, 0.29) is 18.5 Å². The molecule has 1 saturated carbocycles. The van der Waals surface area contributed by atoms with Gasteiger partial charge in [0.25, 0.3) is 0 Å². The minimum Gasteiger partial charge on any atom is -0.357 e. The summed E-state index contributed by atoms with van der Waals surface area (Å²) in [6.45, 7) is 5.01. The van der Waals surface area contributed by atoms with E-state index in [2.05, 4.69) is 40.0 Å². The number of amides is 1. The van der Waals surface area contributed by atoms with Gasteiger partial charge in [0.15, 0.2) is 5.96 Å². The fraction of sp³-hybridized carbons (Fsp3) is 0.500. The van der Waals surface area contributed by atoms with Gasteiger partial charge in [0.2, 0.25) is 5.91 Å². The number of rotatable bonds is 6. The second-order valence-corrected chi connectivity index (χ2v) is 5.31. The fourth-order valence-electron chi connectivity index (χ4n) is 2.00. The lowest BCUT2D eigenvalue weighted by atomic mass is 10.1. The average molecular weight is 288 g/mol. The van der Waals surface area contributed by atoms with Crippen molar-refractivity contribution in [3.63, 3.8) is 0 Å². The Morgan fingerprint density at radius 3 is 2.67 bits per heavy atom. The molecule has 0 aliphatic heterocycles. The second-order valence-electron chi connectivity index (χ2n) is 5.31. The maximum absolute atomic E-state index is 11.7. The van der Waals surface area contributed by atoms with Crippen molar-refractivity contribution in [2.45, 2.75) is 38.8 Å². The number of nitrogens with zero attached hydrogens (tertiary/aromatic N) is 1. The third-order valence-electron chi connectivity index (χ3n) is 3.32. The van der Waals surface area contributed by atoms with E-state index >= 15 is 0 Å². The molecule has 0 radical (unpaired) electrons. The minimum absolute atomic E-state index is 0.0120. The molecule has 1 aliphatic rings. The van der Waals surface area contributed by atoms with Crippen LogP contribution in [0.1, 0.15) is 38.3 Å². The second kappa shape index (κ2) is 7.67. The van der Waals surface area contributed by atoms with Gasteiger partial charge in [0.1, 0.15) is 6.54 Å². The SMILES string of the molecule is CCNC(=NCC(=O)NC1CC1)NC(C)c1ccccc1. The van der Waals surface area contributed by atoms with Gasteiger partial charge in [-0.25, -0.2) is 4.99 Å². The maximum Gasteiger partial charge on any atom is 0.242 e. The molecule has 2 rings (SSSR count). The van der Waals surface area contributed by atoms with E-state index in [1.807, 2.05) is 25.1 Å². The number of carbonyl (C=O) groups is 1. The van der Waals surface area contributed by atoms with Gasteiger partial charge in [-0.3, -0.25) is 4.79 Å². The molecular formula is C16H24N4O. The molecule has 1 amide bonds. The summed E-state index contributed by atoms with van der Waals surface area (Å²) in [4.78, 5) is 16.0. The molecule has 1 aliphatic carbocycles. The van der Waals surface area contributed by atoms with Crippen LogP contribution in [0.15, 0.2) is 35.3 Å². The zero-order chi connectivity index (χ0) is 15.1. The zero-order valence-corrected chi connectivity index (χ0v) is 12.7. The highest BCUT2D eigenvalue weighted by Crippen LogP contribution is 2.18. The summed E-state index contributed by atoms with van der Waals surface area (Å²) in [6.07, 6.45) is 2.19. The van der Waals surface area contributed by atoms with Crippen LogP contribution >= 0.6 is 0 Å². The lowest BCUT2D eigenvalue weighted by molar-refractivity contribution is -0.119. The van der Waals surface area contributed by atoms with Crippen LogP contribution in [0, 0.1) is 0 Å². The highest BCUT2D eigenvalue weighted by atomic mass is 16.2. The van der Waals surface area contributed by atoms with E-state index in [9.17, 15) is 4.79 Å². The molecule has 3 N–H and O–H groups in total. The average Bonchev–Trinajstić information content (AvgIpc) is 3.30. The van der Waals surface area contributed by atoms with Gasteiger partial charge in [0.05, 0.1) is 6.04 Å². The van der Waals surface area contributed by atoms with E-state index < -0.39 is 0 Å². The Kier molecular flexibility index (Phi) is 5.60. The number of aliphatic imine (C=N–C) groups is 1. The van der Waals surface area contributed by atoms with Gasteiger partial charge >= 0.3 is 0 Å². The highest BCUT2D eigenvalue weighted by molar-refractivity contribution is 5.85. The molecule has 0 aromatic heterocycles. The Balaban J connectivity index is 1.89. The molecule has 1 aromatic rings. The van der Waals surface area contributed by atoms with Gasteiger partial charge in [-0.15, -0.1) is 0 Å². The molecule has 5 nitrogen and oxygen atoms in total. The topological polar surface area (TPSA) is 65.5 Å². The minimum atomic E-state index is -0.0120. The van der Waals surface area contributed by atoms with E-state index in [4.69, 9.17) is 0 Å². The summed E-state index contributed by atoms with van der Waals surface area (Å²) in [7, 11) is 0. The molecule has 114 valence electrons. The van der Waals surface area contributed by atoms with Gasteiger partial charge < -0.3 is 16.0 Å². The van der Waals surface area contributed by atoms with E-state index in [0.717, 1.165) is 19.4 Å². The lowest BCUT2D eigenvalue weighted by Gasteiger charge is -2.18. The summed E-state index contributed by atoms with van der Waals surface area (Å²) in [5.41, 5.74) is 1.19. The smallest absolute Gasteiger partial charge is 0.242 e. The first-order chi connectivity index (χ1) is 10.2. The van der Waals surface area contributed by atoms with E-state index in [1.54, 1.807) is 0 Å². The van der Waals surface area contributed by atoms with Crippen molar-refractivity contribution in [2.75, 3.05) is 13.1 Å². The van der Waals surface area contributed by atoms with Gasteiger partial charge in [-0.05, 0) is 32.3 Å². The summed E-state index contributed by atoms with van der Waals surface area (Å²) >= 11 is 0. The molecule has 1 unspecified atom stereocenters. The van der Waals surface area contributed by atoms with Crippen molar-refractivity contribution >= 4 is 11.9 Å². The molecule has 0 spiro atoms. The first-order valence-corrected chi connectivity index (χ1v) is 7.58. The number of hydrogen-bond donors (Lipinski definition) is 3. The van der Waals surface area contributed by atoms with Crippen LogP contribution in [0.5, 0.6) is 0 Å². The van der Waals surface area contributed by atoms with Crippen LogP contribution in [0.2, 0.25) is 0 Å². The van der Waals surface area contributed by atoms with Crippen LogP contribution in [0.25, 0.3) is 0 Å². The van der Waals surface area contributed by atoms with E-state index in [1.165, 1.54) is 5.56 Å². The van der Waals surface area contributed by atoms with Crippen LogP contribution in [0.4, 0.5) is 0 Å². The van der Waals surface area contributed by atoms with E-state index in [0.29, 0.717) is 12.0 Å². The third kappa shape index (κ3) is 5.45. The molecule has 1 fully saturated rings. The van der Waals surface area contributed by atoms with Crippen LogP contribution in [-0.2, 0) is 4.79 Å². The summed E-state index contributed by atoms with van der Waals surface area (Å²) in [6, 6.07) is 10.7. The number of carbonyl (C=O) groups excluding carboxylic acids is 1. The maximum atomic E-state index is 11.7.